The van der Waals surface area contributed by atoms with Crippen LogP contribution in [0.4, 0.5) is 0 Å². The van der Waals surface area contributed by atoms with E-state index in [2.05, 4.69) is 15.2 Å². The SMILES string of the molecule is Cl.c1ccc2nncnc2c1. The lowest BCUT2D eigenvalue weighted by Gasteiger charge is -1.89. The Kier molecular flexibility index (Phi) is 2.33. The van der Waals surface area contributed by atoms with E-state index in [0.717, 1.165) is 11.0 Å². The molecule has 56 valence electrons. The van der Waals surface area contributed by atoms with Crippen LogP contribution in [0.2, 0.25) is 0 Å². The average molecular weight is 168 g/mol. The molecule has 0 amide bonds. The summed E-state index contributed by atoms with van der Waals surface area (Å²) in [5.74, 6) is 0. The molecule has 1 aromatic carbocycles. The molecule has 0 spiro atoms. The third-order valence-corrected chi connectivity index (χ3v) is 1.30. The first-order chi connectivity index (χ1) is 4.97. The van der Waals surface area contributed by atoms with Crippen molar-refractivity contribution in [2.75, 3.05) is 0 Å². The standard InChI is InChI=1S/C7H5N3.ClH/c1-2-4-7-6(3-1)8-5-9-10-7;/h1-5H;1H. The molecule has 0 unspecified atom stereocenters. The van der Waals surface area contributed by atoms with Crippen molar-refractivity contribution in [1.29, 1.82) is 0 Å². The van der Waals surface area contributed by atoms with Crippen LogP contribution in [0.25, 0.3) is 11.0 Å². The number of aromatic nitrogens is 3. The van der Waals surface area contributed by atoms with Gasteiger partial charge in [-0.2, -0.15) is 0 Å². The molecular weight excluding hydrogens is 162 g/mol. The summed E-state index contributed by atoms with van der Waals surface area (Å²) < 4.78 is 0. The Hall–Kier alpha value is -1.22. The maximum Gasteiger partial charge on any atom is 0.138 e. The number of nitrogens with zero attached hydrogens (tertiary/aromatic N) is 3. The van der Waals surface area contributed by atoms with Crippen LogP contribution >= 0.6 is 12.4 Å². The highest BCUT2D eigenvalue weighted by Crippen LogP contribution is 2.03. The number of para-hydroxylation sites is 1. The minimum atomic E-state index is 0. The van der Waals surface area contributed by atoms with Gasteiger partial charge in [-0.3, -0.25) is 0 Å². The van der Waals surface area contributed by atoms with Gasteiger partial charge >= 0.3 is 0 Å². The van der Waals surface area contributed by atoms with Crippen LogP contribution in [0.1, 0.15) is 0 Å². The van der Waals surface area contributed by atoms with Crippen LogP contribution in [0.15, 0.2) is 30.6 Å². The summed E-state index contributed by atoms with van der Waals surface area (Å²) in [6, 6.07) is 7.63. The summed E-state index contributed by atoms with van der Waals surface area (Å²) in [7, 11) is 0. The molecule has 11 heavy (non-hydrogen) atoms. The van der Waals surface area contributed by atoms with Crippen molar-refractivity contribution < 1.29 is 0 Å². The summed E-state index contributed by atoms with van der Waals surface area (Å²) in [4.78, 5) is 4.01. The highest BCUT2D eigenvalue weighted by Gasteiger charge is 1.89. The number of hydrogen-bond donors (Lipinski definition) is 0. The minimum Gasteiger partial charge on any atom is -0.233 e. The monoisotopic (exact) mass is 167 g/mol. The number of hydrogen-bond acceptors (Lipinski definition) is 3. The summed E-state index contributed by atoms with van der Waals surface area (Å²) in [5, 5.41) is 7.52. The topological polar surface area (TPSA) is 38.7 Å². The fourth-order valence-corrected chi connectivity index (χ4v) is 0.834. The van der Waals surface area contributed by atoms with E-state index >= 15 is 0 Å². The first kappa shape index (κ1) is 7.88. The van der Waals surface area contributed by atoms with Gasteiger partial charge in [0.25, 0.3) is 0 Å². The van der Waals surface area contributed by atoms with Crippen molar-refractivity contribution in [1.82, 2.24) is 15.2 Å². The summed E-state index contributed by atoms with van der Waals surface area (Å²) >= 11 is 0. The number of benzene rings is 1. The molecule has 0 aliphatic carbocycles. The van der Waals surface area contributed by atoms with E-state index in [0.29, 0.717) is 0 Å². The van der Waals surface area contributed by atoms with Gasteiger partial charge in [-0.25, -0.2) is 4.98 Å². The Balaban J connectivity index is 0.000000605. The Morgan fingerprint density at radius 2 is 1.73 bits per heavy atom. The Morgan fingerprint density at radius 3 is 2.45 bits per heavy atom. The molecule has 2 aromatic rings. The minimum absolute atomic E-state index is 0. The van der Waals surface area contributed by atoms with E-state index in [1.807, 2.05) is 24.3 Å². The Morgan fingerprint density at radius 1 is 1.00 bits per heavy atom. The fraction of sp³-hybridized carbons (Fsp3) is 0. The van der Waals surface area contributed by atoms with Crippen LogP contribution in [0.5, 0.6) is 0 Å². The molecule has 0 fully saturated rings. The van der Waals surface area contributed by atoms with Crippen LogP contribution < -0.4 is 0 Å². The lowest BCUT2D eigenvalue weighted by atomic mass is 10.3. The molecule has 0 atom stereocenters. The molecule has 4 heteroatoms. The third kappa shape index (κ3) is 1.43. The maximum absolute atomic E-state index is 4.01. The summed E-state index contributed by atoms with van der Waals surface area (Å²) in [5.41, 5.74) is 1.72. The highest BCUT2D eigenvalue weighted by atomic mass is 35.5. The smallest absolute Gasteiger partial charge is 0.138 e. The van der Waals surface area contributed by atoms with Crippen molar-refractivity contribution >= 4 is 23.4 Å². The molecule has 0 aliphatic rings. The molecule has 1 aromatic heterocycles. The van der Waals surface area contributed by atoms with E-state index in [1.54, 1.807) is 0 Å². The van der Waals surface area contributed by atoms with Gasteiger partial charge in [-0.05, 0) is 12.1 Å². The van der Waals surface area contributed by atoms with E-state index < -0.39 is 0 Å². The molecule has 0 bridgehead atoms. The molecule has 0 saturated heterocycles. The van der Waals surface area contributed by atoms with Crippen molar-refractivity contribution in [3.8, 4) is 0 Å². The van der Waals surface area contributed by atoms with E-state index in [1.165, 1.54) is 6.33 Å². The van der Waals surface area contributed by atoms with Gasteiger partial charge < -0.3 is 0 Å². The van der Waals surface area contributed by atoms with Crippen LogP contribution in [-0.2, 0) is 0 Å². The third-order valence-electron chi connectivity index (χ3n) is 1.30. The van der Waals surface area contributed by atoms with E-state index in [-0.39, 0.29) is 12.4 Å². The predicted octanol–water partition coefficient (Wildman–Crippen LogP) is 1.45. The van der Waals surface area contributed by atoms with Crippen LogP contribution in [0.3, 0.4) is 0 Å². The van der Waals surface area contributed by atoms with E-state index in [4.69, 9.17) is 0 Å². The second kappa shape index (κ2) is 3.25. The second-order valence-corrected chi connectivity index (χ2v) is 1.95. The van der Waals surface area contributed by atoms with Crippen LogP contribution in [-0.4, -0.2) is 15.2 Å². The molecular formula is C7H6ClN3. The fourth-order valence-electron chi connectivity index (χ4n) is 0.834. The summed E-state index contributed by atoms with van der Waals surface area (Å²) in [6.07, 6.45) is 1.45. The van der Waals surface area contributed by atoms with Gasteiger partial charge in [-0.1, -0.05) is 12.1 Å². The largest absolute Gasteiger partial charge is 0.233 e. The van der Waals surface area contributed by atoms with E-state index in [9.17, 15) is 0 Å². The molecule has 1 heterocycles. The zero-order chi connectivity index (χ0) is 6.81. The molecule has 0 saturated carbocycles. The second-order valence-electron chi connectivity index (χ2n) is 1.95. The zero-order valence-corrected chi connectivity index (χ0v) is 6.45. The number of halogens is 1. The number of rotatable bonds is 0. The molecule has 0 aliphatic heterocycles. The zero-order valence-electron chi connectivity index (χ0n) is 5.64. The molecule has 3 nitrogen and oxygen atoms in total. The Bertz CT molecular complexity index is 285. The Labute approximate surface area is 69.9 Å². The lowest BCUT2D eigenvalue weighted by Crippen LogP contribution is -1.84. The first-order valence-corrected chi connectivity index (χ1v) is 2.99. The van der Waals surface area contributed by atoms with Crippen molar-refractivity contribution in [3.63, 3.8) is 0 Å². The number of fused-ring (bicyclic) bond motifs is 1. The maximum atomic E-state index is 4.01. The van der Waals surface area contributed by atoms with Crippen LogP contribution in [0, 0.1) is 0 Å². The van der Waals surface area contributed by atoms with Gasteiger partial charge in [0.15, 0.2) is 0 Å². The average Bonchev–Trinajstić information content (AvgIpc) is 2.05. The van der Waals surface area contributed by atoms with Gasteiger partial charge in [0.2, 0.25) is 0 Å². The van der Waals surface area contributed by atoms with Crippen molar-refractivity contribution in [2.24, 2.45) is 0 Å². The highest BCUT2D eigenvalue weighted by molar-refractivity contribution is 5.85. The van der Waals surface area contributed by atoms with Gasteiger partial charge in [0.1, 0.15) is 11.8 Å². The van der Waals surface area contributed by atoms with Gasteiger partial charge in [0, 0.05) is 0 Å². The first-order valence-electron chi connectivity index (χ1n) is 2.99. The molecule has 0 radical (unpaired) electrons. The lowest BCUT2D eigenvalue weighted by molar-refractivity contribution is 1.02. The van der Waals surface area contributed by atoms with Crippen molar-refractivity contribution in [3.05, 3.63) is 30.6 Å². The quantitative estimate of drug-likeness (QED) is 0.596. The summed E-state index contributed by atoms with van der Waals surface area (Å²) in [6.45, 7) is 0. The normalized spacial score (nSPS) is 9.09. The van der Waals surface area contributed by atoms with Crippen molar-refractivity contribution in [2.45, 2.75) is 0 Å². The predicted molar refractivity (Wildman–Crippen MR) is 44.6 cm³/mol. The van der Waals surface area contributed by atoms with Gasteiger partial charge in [0.05, 0.1) is 5.52 Å². The van der Waals surface area contributed by atoms with Gasteiger partial charge in [-0.15, -0.1) is 22.6 Å². The molecule has 0 N–H and O–H groups in total. The molecule has 2 rings (SSSR count).